The Balaban J connectivity index is 1.97. The molecule has 5 heteroatoms. The molecule has 0 saturated heterocycles. The summed E-state index contributed by atoms with van der Waals surface area (Å²) in [5.41, 5.74) is 3.33. The zero-order valence-electron chi connectivity index (χ0n) is 14.0. The first-order valence-corrected chi connectivity index (χ1v) is 8.36. The molecule has 1 amide bonds. The maximum Gasteiger partial charge on any atom is 0.270 e. The molecule has 3 aromatic rings. The number of rotatable bonds is 4. The van der Waals surface area contributed by atoms with Crippen molar-refractivity contribution in [1.82, 2.24) is 14.9 Å². The Bertz CT molecular complexity index is 873. The molecule has 1 N–H and O–H groups in total. The third kappa shape index (κ3) is 2.89. The molecule has 24 heavy (non-hydrogen) atoms. The van der Waals surface area contributed by atoms with Crippen LogP contribution in [-0.4, -0.2) is 27.8 Å². The van der Waals surface area contributed by atoms with Crippen LogP contribution in [0.3, 0.4) is 0 Å². The van der Waals surface area contributed by atoms with Crippen molar-refractivity contribution in [2.45, 2.75) is 26.3 Å². The highest BCUT2D eigenvalue weighted by atomic mass is 35.5. The molecular weight excluding hydrogens is 322 g/mol. The van der Waals surface area contributed by atoms with Gasteiger partial charge in [0.1, 0.15) is 5.69 Å². The minimum absolute atomic E-state index is 0.0441. The highest BCUT2D eigenvalue weighted by molar-refractivity contribution is 6.31. The Morgan fingerprint density at radius 1 is 1.33 bits per heavy atom. The van der Waals surface area contributed by atoms with E-state index in [4.69, 9.17) is 11.6 Å². The minimum Gasteiger partial charge on any atom is -0.350 e. The molecule has 124 valence electrons. The van der Waals surface area contributed by atoms with Crippen LogP contribution >= 0.6 is 11.6 Å². The first-order chi connectivity index (χ1) is 11.5. The lowest BCUT2D eigenvalue weighted by atomic mass is 10.1. The molecule has 0 bridgehead atoms. The maximum atomic E-state index is 13.0. The number of nitrogens with zero attached hydrogens (tertiary/aromatic N) is 2. The van der Waals surface area contributed by atoms with Crippen LogP contribution in [0.1, 0.15) is 41.1 Å². The SMILES string of the molecule is CC[C@@H](c1ccccn1)N(C)C(=O)c1[nH]c2ccc(Cl)cc2c1C. The van der Waals surface area contributed by atoms with Crippen molar-refractivity contribution in [2.24, 2.45) is 0 Å². The average Bonchev–Trinajstić information content (AvgIpc) is 2.92. The summed E-state index contributed by atoms with van der Waals surface area (Å²) in [5, 5.41) is 1.64. The molecule has 0 saturated carbocycles. The summed E-state index contributed by atoms with van der Waals surface area (Å²) in [6.45, 7) is 4.00. The monoisotopic (exact) mass is 341 g/mol. The predicted octanol–water partition coefficient (Wildman–Crippen LogP) is 4.75. The Morgan fingerprint density at radius 3 is 2.79 bits per heavy atom. The Morgan fingerprint density at radius 2 is 2.12 bits per heavy atom. The first-order valence-electron chi connectivity index (χ1n) is 7.98. The van der Waals surface area contributed by atoms with Gasteiger partial charge in [-0.3, -0.25) is 9.78 Å². The number of nitrogens with one attached hydrogen (secondary N) is 1. The van der Waals surface area contributed by atoms with E-state index in [-0.39, 0.29) is 11.9 Å². The van der Waals surface area contributed by atoms with Gasteiger partial charge in [-0.2, -0.15) is 0 Å². The predicted molar refractivity (Wildman–Crippen MR) is 97.4 cm³/mol. The molecule has 0 aliphatic rings. The van der Waals surface area contributed by atoms with Gasteiger partial charge in [0, 0.05) is 29.2 Å². The number of hydrogen-bond donors (Lipinski definition) is 1. The molecule has 0 unspecified atom stereocenters. The van der Waals surface area contributed by atoms with Gasteiger partial charge < -0.3 is 9.88 Å². The van der Waals surface area contributed by atoms with Crippen molar-refractivity contribution >= 4 is 28.4 Å². The Kier molecular flexibility index (Phi) is 4.58. The van der Waals surface area contributed by atoms with Gasteiger partial charge in [-0.25, -0.2) is 0 Å². The van der Waals surface area contributed by atoms with Crippen molar-refractivity contribution in [3.63, 3.8) is 0 Å². The first kappa shape index (κ1) is 16.5. The van der Waals surface area contributed by atoms with Gasteiger partial charge in [-0.15, -0.1) is 0 Å². The van der Waals surface area contributed by atoms with Gasteiger partial charge >= 0.3 is 0 Å². The number of aryl methyl sites for hydroxylation is 1. The number of fused-ring (bicyclic) bond motifs is 1. The number of aromatic amines is 1. The smallest absolute Gasteiger partial charge is 0.270 e. The van der Waals surface area contributed by atoms with Crippen molar-refractivity contribution in [3.8, 4) is 0 Å². The van der Waals surface area contributed by atoms with E-state index in [2.05, 4.69) is 16.9 Å². The fraction of sp³-hybridized carbons (Fsp3) is 0.263. The van der Waals surface area contributed by atoms with Crippen LogP contribution in [0, 0.1) is 6.92 Å². The highest BCUT2D eigenvalue weighted by Gasteiger charge is 2.25. The van der Waals surface area contributed by atoms with Crippen molar-refractivity contribution in [3.05, 3.63) is 64.6 Å². The number of benzene rings is 1. The number of pyridine rings is 1. The molecule has 0 aliphatic carbocycles. The van der Waals surface area contributed by atoms with E-state index in [0.29, 0.717) is 10.7 Å². The molecule has 3 rings (SSSR count). The third-order valence-corrected chi connectivity index (χ3v) is 4.67. The normalized spacial score (nSPS) is 12.3. The molecule has 0 aliphatic heterocycles. The second-order valence-corrected chi connectivity index (χ2v) is 6.35. The van der Waals surface area contributed by atoms with Crippen LogP contribution in [0.4, 0.5) is 0 Å². The van der Waals surface area contributed by atoms with Crippen molar-refractivity contribution < 1.29 is 4.79 Å². The van der Waals surface area contributed by atoms with Crippen LogP contribution in [-0.2, 0) is 0 Å². The average molecular weight is 342 g/mol. The van der Waals surface area contributed by atoms with E-state index in [1.165, 1.54) is 0 Å². The second kappa shape index (κ2) is 6.65. The van der Waals surface area contributed by atoms with E-state index < -0.39 is 0 Å². The summed E-state index contributed by atoms with van der Waals surface area (Å²) in [6.07, 6.45) is 2.55. The number of carbonyl (C=O) groups excluding carboxylic acids is 1. The van der Waals surface area contributed by atoms with E-state index in [9.17, 15) is 4.79 Å². The Hall–Kier alpha value is -2.33. The zero-order chi connectivity index (χ0) is 17.3. The number of aromatic nitrogens is 2. The third-order valence-electron chi connectivity index (χ3n) is 4.44. The lowest BCUT2D eigenvalue weighted by Crippen LogP contribution is -2.32. The molecule has 0 radical (unpaired) electrons. The number of amides is 1. The summed E-state index contributed by atoms with van der Waals surface area (Å²) in [7, 11) is 1.82. The standard InChI is InChI=1S/C19H20ClN3O/c1-4-17(16-7-5-6-10-21-16)23(3)19(24)18-12(2)14-11-13(20)8-9-15(14)22-18/h5-11,17,22H,4H2,1-3H3/t17-/m0/s1. The summed E-state index contributed by atoms with van der Waals surface area (Å²) in [4.78, 5) is 22.4. The summed E-state index contributed by atoms with van der Waals surface area (Å²) >= 11 is 6.08. The summed E-state index contributed by atoms with van der Waals surface area (Å²) in [6, 6.07) is 11.3. The lowest BCUT2D eigenvalue weighted by Gasteiger charge is -2.26. The molecule has 1 aromatic carbocycles. The highest BCUT2D eigenvalue weighted by Crippen LogP contribution is 2.28. The number of hydrogen-bond acceptors (Lipinski definition) is 2. The number of carbonyl (C=O) groups is 1. The van der Waals surface area contributed by atoms with Crippen molar-refractivity contribution in [1.29, 1.82) is 0 Å². The van der Waals surface area contributed by atoms with E-state index in [1.807, 2.05) is 50.4 Å². The fourth-order valence-corrected chi connectivity index (χ4v) is 3.26. The molecule has 4 nitrogen and oxygen atoms in total. The van der Waals surface area contributed by atoms with E-state index in [0.717, 1.165) is 28.6 Å². The molecule has 1 atom stereocenters. The summed E-state index contributed by atoms with van der Waals surface area (Å²) in [5.74, 6) is -0.0441. The van der Waals surface area contributed by atoms with E-state index in [1.54, 1.807) is 11.1 Å². The lowest BCUT2D eigenvalue weighted by molar-refractivity contribution is 0.0717. The van der Waals surface area contributed by atoms with Gasteiger partial charge in [-0.1, -0.05) is 24.6 Å². The van der Waals surface area contributed by atoms with Crippen LogP contribution < -0.4 is 0 Å². The van der Waals surface area contributed by atoms with Crippen LogP contribution in [0.2, 0.25) is 5.02 Å². The summed E-state index contributed by atoms with van der Waals surface area (Å²) < 4.78 is 0. The maximum absolute atomic E-state index is 13.0. The molecule has 0 spiro atoms. The molecule has 0 fully saturated rings. The minimum atomic E-state index is -0.0619. The zero-order valence-corrected chi connectivity index (χ0v) is 14.8. The van der Waals surface area contributed by atoms with Crippen LogP contribution in [0.5, 0.6) is 0 Å². The largest absolute Gasteiger partial charge is 0.350 e. The van der Waals surface area contributed by atoms with Crippen LogP contribution in [0.15, 0.2) is 42.6 Å². The molecular formula is C19H20ClN3O. The Labute approximate surface area is 146 Å². The van der Waals surface area contributed by atoms with Gasteiger partial charge in [0.2, 0.25) is 0 Å². The van der Waals surface area contributed by atoms with Gasteiger partial charge in [0.25, 0.3) is 5.91 Å². The van der Waals surface area contributed by atoms with Gasteiger partial charge in [0.05, 0.1) is 11.7 Å². The van der Waals surface area contributed by atoms with Crippen molar-refractivity contribution in [2.75, 3.05) is 7.05 Å². The topological polar surface area (TPSA) is 49.0 Å². The molecule has 2 heterocycles. The number of H-pyrrole nitrogens is 1. The fourth-order valence-electron chi connectivity index (χ4n) is 3.09. The molecule has 2 aromatic heterocycles. The number of halogens is 1. The van der Waals surface area contributed by atoms with Gasteiger partial charge in [-0.05, 0) is 49.2 Å². The van der Waals surface area contributed by atoms with Gasteiger partial charge in [0.15, 0.2) is 0 Å². The second-order valence-electron chi connectivity index (χ2n) is 5.91. The van der Waals surface area contributed by atoms with Crippen LogP contribution in [0.25, 0.3) is 10.9 Å². The quantitative estimate of drug-likeness (QED) is 0.744. The van der Waals surface area contributed by atoms with E-state index >= 15 is 0 Å².